The lowest BCUT2D eigenvalue weighted by Gasteiger charge is -2.15. The van der Waals surface area contributed by atoms with Crippen molar-refractivity contribution < 1.29 is 9.59 Å². The maximum absolute atomic E-state index is 12.6. The summed E-state index contributed by atoms with van der Waals surface area (Å²) in [6, 6.07) is 7.14. The maximum Gasteiger partial charge on any atom is 0.256 e. The zero-order chi connectivity index (χ0) is 17.8. The van der Waals surface area contributed by atoms with Crippen LogP contribution in [0.25, 0.3) is 0 Å². The molecule has 6 nitrogen and oxygen atoms in total. The van der Waals surface area contributed by atoms with E-state index in [-0.39, 0.29) is 11.8 Å². The Morgan fingerprint density at radius 2 is 2.00 bits per heavy atom. The normalized spacial score (nSPS) is 17.8. The van der Waals surface area contributed by atoms with Crippen molar-refractivity contribution in [2.24, 2.45) is 0 Å². The van der Waals surface area contributed by atoms with Crippen LogP contribution in [0, 0.1) is 6.92 Å². The van der Waals surface area contributed by atoms with Crippen LogP contribution in [-0.2, 0) is 10.2 Å². The van der Waals surface area contributed by atoms with E-state index in [0.717, 1.165) is 24.1 Å². The molecule has 25 heavy (non-hydrogen) atoms. The quantitative estimate of drug-likeness (QED) is 0.902. The van der Waals surface area contributed by atoms with Crippen molar-refractivity contribution in [3.63, 3.8) is 0 Å². The van der Waals surface area contributed by atoms with E-state index in [9.17, 15) is 9.59 Å². The average Bonchev–Trinajstić information content (AvgIpc) is 3.35. The Labute approximate surface area is 146 Å². The fraction of sp³-hybridized carbons (Fsp3) is 0.368. The third-order valence-electron chi connectivity index (χ3n) is 4.87. The van der Waals surface area contributed by atoms with Gasteiger partial charge in [0.25, 0.3) is 5.91 Å². The largest absolute Gasteiger partial charge is 0.325 e. The van der Waals surface area contributed by atoms with Gasteiger partial charge in [-0.1, -0.05) is 6.07 Å². The molecule has 0 atom stereocenters. The van der Waals surface area contributed by atoms with Crippen molar-refractivity contribution in [3.05, 3.63) is 46.9 Å². The predicted molar refractivity (Wildman–Crippen MR) is 94.8 cm³/mol. The van der Waals surface area contributed by atoms with Gasteiger partial charge in [0, 0.05) is 28.9 Å². The second-order valence-corrected chi connectivity index (χ2v) is 7.29. The summed E-state index contributed by atoms with van der Waals surface area (Å²) >= 11 is 0. The van der Waals surface area contributed by atoms with E-state index in [2.05, 4.69) is 20.6 Å². The molecule has 2 heterocycles. The third-order valence-corrected chi connectivity index (χ3v) is 4.87. The Bertz CT molecular complexity index is 900. The number of rotatable bonds is 3. The molecule has 0 bridgehead atoms. The van der Waals surface area contributed by atoms with E-state index in [0.29, 0.717) is 28.8 Å². The molecule has 0 saturated heterocycles. The molecule has 1 saturated carbocycles. The number of amides is 2. The number of fused-ring (bicyclic) bond motifs is 1. The first-order chi connectivity index (χ1) is 11.8. The number of hydrogen-bond acceptors (Lipinski definition) is 4. The summed E-state index contributed by atoms with van der Waals surface area (Å²) in [5, 5.41) is 5.69. The van der Waals surface area contributed by atoms with Gasteiger partial charge in [0.15, 0.2) is 0 Å². The Kier molecular flexibility index (Phi) is 3.39. The van der Waals surface area contributed by atoms with Crippen LogP contribution in [-0.4, -0.2) is 21.8 Å². The first-order valence-electron chi connectivity index (χ1n) is 8.47. The maximum atomic E-state index is 12.6. The molecule has 0 radical (unpaired) electrons. The molecule has 6 heteroatoms. The van der Waals surface area contributed by atoms with E-state index in [1.807, 2.05) is 32.9 Å². The SMILES string of the molecule is Cc1nc(NC(=O)c2ccc3c(c2)NC(=O)C3(C)C)cc(C2CC2)n1. The second-order valence-electron chi connectivity index (χ2n) is 7.29. The molecule has 2 aromatic rings. The third kappa shape index (κ3) is 2.77. The Morgan fingerprint density at radius 3 is 2.72 bits per heavy atom. The highest BCUT2D eigenvalue weighted by atomic mass is 16.2. The molecule has 0 spiro atoms. The molecule has 2 aliphatic rings. The standard InChI is InChI=1S/C19H20N4O2/c1-10-20-14(11-4-5-11)9-16(21-10)23-17(24)12-6-7-13-15(8-12)22-18(25)19(13,2)3/h6-9,11H,4-5H2,1-3H3,(H,22,25)(H,20,21,23,24). The van der Waals surface area contributed by atoms with Crippen LogP contribution < -0.4 is 10.6 Å². The number of aromatic nitrogens is 2. The van der Waals surface area contributed by atoms with Gasteiger partial charge in [0.05, 0.1) is 5.41 Å². The number of aryl methyl sites for hydroxylation is 1. The summed E-state index contributed by atoms with van der Waals surface area (Å²) in [6.45, 7) is 5.57. The van der Waals surface area contributed by atoms with Crippen molar-refractivity contribution in [2.75, 3.05) is 10.6 Å². The molecular weight excluding hydrogens is 316 g/mol. The molecule has 4 rings (SSSR count). The van der Waals surface area contributed by atoms with Gasteiger partial charge in [-0.05, 0) is 51.3 Å². The molecular formula is C19H20N4O2. The molecule has 1 aromatic carbocycles. The summed E-state index contributed by atoms with van der Waals surface area (Å²) in [6.07, 6.45) is 2.29. The molecule has 1 aliphatic heterocycles. The van der Waals surface area contributed by atoms with Crippen LogP contribution >= 0.6 is 0 Å². The number of anilines is 2. The molecule has 1 aromatic heterocycles. The Hall–Kier alpha value is -2.76. The fourth-order valence-electron chi connectivity index (χ4n) is 3.17. The number of nitrogens with one attached hydrogen (secondary N) is 2. The van der Waals surface area contributed by atoms with Gasteiger partial charge in [-0.15, -0.1) is 0 Å². The van der Waals surface area contributed by atoms with E-state index in [1.54, 1.807) is 12.1 Å². The lowest BCUT2D eigenvalue weighted by Crippen LogP contribution is -2.26. The van der Waals surface area contributed by atoms with Crippen molar-refractivity contribution in [2.45, 2.75) is 44.9 Å². The molecule has 0 unspecified atom stereocenters. The number of carbonyl (C=O) groups excluding carboxylic acids is 2. The number of carbonyl (C=O) groups is 2. The van der Waals surface area contributed by atoms with Gasteiger partial charge >= 0.3 is 0 Å². The molecule has 128 valence electrons. The van der Waals surface area contributed by atoms with Crippen LogP contribution in [0.5, 0.6) is 0 Å². The second kappa shape index (κ2) is 5.37. The summed E-state index contributed by atoms with van der Waals surface area (Å²) in [5.41, 5.74) is 2.50. The smallest absolute Gasteiger partial charge is 0.256 e. The number of hydrogen-bond donors (Lipinski definition) is 2. The van der Waals surface area contributed by atoms with Gasteiger partial charge in [-0.2, -0.15) is 0 Å². The summed E-state index contributed by atoms with van der Waals surface area (Å²) in [7, 11) is 0. The van der Waals surface area contributed by atoms with E-state index >= 15 is 0 Å². The molecule has 2 amide bonds. The molecule has 1 fully saturated rings. The zero-order valence-corrected chi connectivity index (χ0v) is 14.5. The van der Waals surface area contributed by atoms with Crippen molar-refractivity contribution in [1.82, 2.24) is 9.97 Å². The summed E-state index contributed by atoms with van der Waals surface area (Å²) in [4.78, 5) is 33.4. The van der Waals surface area contributed by atoms with Gasteiger partial charge in [0.2, 0.25) is 5.91 Å². The van der Waals surface area contributed by atoms with Gasteiger partial charge in [0.1, 0.15) is 11.6 Å². The zero-order valence-electron chi connectivity index (χ0n) is 14.5. The van der Waals surface area contributed by atoms with Crippen molar-refractivity contribution in [1.29, 1.82) is 0 Å². The minimum atomic E-state index is -0.576. The fourth-order valence-corrected chi connectivity index (χ4v) is 3.17. The molecule has 2 N–H and O–H groups in total. The number of benzene rings is 1. The number of nitrogens with zero attached hydrogens (tertiary/aromatic N) is 2. The topological polar surface area (TPSA) is 84.0 Å². The Morgan fingerprint density at radius 1 is 1.24 bits per heavy atom. The monoisotopic (exact) mass is 336 g/mol. The highest BCUT2D eigenvalue weighted by Gasteiger charge is 2.38. The minimum Gasteiger partial charge on any atom is -0.325 e. The van der Waals surface area contributed by atoms with Crippen LogP contribution in [0.1, 0.15) is 60.0 Å². The van der Waals surface area contributed by atoms with Crippen molar-refractivity contribution >= 4 is 23.3 Å². The molecule has 1 aliphatic carbocycles. The van der Waals surface area contributed by atoms with E-state index in [4.69, 9.17) is 0 Å². The van der Waals surface area contributed by atoms with Crippen molar-refractivity contribution in [3.8, 4) is 0 Å². The van der Waals surface area contributed by atoms with Crippen LogP contribution in [0.2, 0.25) is 0 Å². The first kappa shape index (κ1) is 15.7. The van der Waals surface area contributed by atoms with Gasteiger partial charge < -0.3 is 10.6 Å². The lowest BCUT2D eigenvalue weighted by atomic mass is 9.86. The highest BCUT2D eigenvalue weighted by Crippen LogP contribution is 2.40. The Balaban J connectivity index is 1.58. The van der Waals surface area contributed by atoms with Crippen LogP contribution in [0.4, 0.5) is 11.5 Å². The minimum absolute atomic E-state index is 0.0550. The van der Waals surface area contributed by atoms with E-state index < -0.39 is 5.41 Å². The average molecular weight is 336 g/mol. The van der Waals surface area contributed by atoms with Crippen LogP contribution in [0.15, 0.2) is 24.3 Å². The van der Waals surface area contributed by atoms with Gasteiger partial charge in [-0.25, -0.2) is 9.97 Å². The summed E-state index contributed by atoms with van der Waals surface area (Å²) in [5.74, 6) is 1.36. The summed E-state index contributed by atoms with van der Waals surface area (Å²) < 4.78 is 0. The van der Waals surface area contributed by atoms with E-state index in [1.165, 1.54) is 0 Å². The first-order valence-corrected chi connectivity index (χ1v) is 8.47. The lowest BCUT2D eigenvalue weighted by molar-refractivity contribution is -0.119. The van der Waals surface area contributed by atoms with Gasteiger partial charge in [-0.3, -0.25) is 9.59 Å². The predicted octanol–water partition coefficient (Wildman–Crippen LogP) is 3.14. The van der Waals surface area contributed by atoms with Crippen LogP contribution in [0.3, 0.4) is 0 Å². The highest BCUT2D eigenvalue weighted by molar-refractivity contribution is 6.09.